The molecule has 1 atom stereocenters. The summed E-state index contributed by atoms with van der Waals surface area (Å²) in [5, 5.41) is 13.6. The average Bonchev–Trinajstić information content (AvgIpc) is 2.27. The number of non-ortho nitro benzene ring substituents is 1. The SMILES string of the molecule is CNCC(C)COc1ccc([N+](=O)[O-])cc1C. The molecule has 1 aromatic rings. The molecule has 0 bridgehead atoms. The van der Waals surface area contributed by atoms with Gasteiger partial charge in [0.05, 0.1) is 11.5 Å². The van der Waals surface area contributed by atoms with Crippen molar-refractivity contribution in [3.05, 3.63) is 33.9 Å². The van der Waals surface area contributed by atoms with Crippen molar-refractivity contribution >= 4 is 5.69 Å². The number of nitrogens with one attached hydrogen (secondary N) is 1. The summed E-state index contributed by atoms with van der Waals surface area (Å²) in [7, 11) is 1.90. The van der Waals surface area contributed by atoms with E-state index in [1.807, 2.05) is 14.0 Å². The lowest BCUT2D eigenvalue weighted by molar-refractivity contribution is -0.384. The average molecular weight is 238 g/mol. The Morgan fingerprint density at radius 2 is 2.24 bits per heavy atom. The summed E-state index contributed by atoms with van der Waals surface area (Å²) in [5.74, 6) is 1.10. The van der Waals surface area contributed by atoms with Crippen molar-refractivity contribution in [2.75, 3.05) is 20.2 Å². The minimum atomic E-state index is -0.402. The van der Waals surface area contributed by atoms with Crippen molar-refractivity contribution in [2.24, 2.45) is 5.92 Å². The maximum absolute atomic E-state index is 10.6. The summed E-state index contributed by atoms with van der Waals surface area (Å²) in [6.45, 7) is 5.37. The molecule has 1 aromatic carbocycles. The maximum Gasteiger partial charge on any atom is 0.269 e. The van der Waals surface area contributed by atoms with Crippen molar-refractivity contribution in [3.8, 4) is 5.75 Å². The number of aryl methyl sites for hydroxylation is 1. The van der Waals surface area contributed by atoms with E-state index in [4.69, 9.17) is 4.74 Å². The van der Waals surface area contributed by atoms with E-state index in [1.165, 1.54) is 12.1 Å². The van der Waals surface area contributed by atoms with Crippen LogP contribution in [-0.2, 0) is 0 Å². The predicted molar refractivity (Wildman–Crippen MR) is 66.4 cm³/mol. The van der Waals surface area contributed by atoms with Crippen LogP contribution in [0.1, 0.15) is 12.5 Å². The Morgan fingerprint density at radius 1 is 1.53 bits per heavy atom. The summed E-state index contributed by atoms with van der Waals surface area (Å²) in [5.41, 5.74) is 0.883. The van der Waals surface area contributed by atoms with Gasteiger partial charge in [0.1, 0.15) is 5.75 Å². The summed E-state index contributed by atoms with van der Waals surface area (Å²) < 4.78 is 5.62. The number of ether oxygens (including phenoxy) is 1. The normalized spacial score (nSPS) is 12.2. The van der Waals surface area contributed by atoms with Crippen LogP contribution >= 0.6 is 0 Å². The fraction of sp³-hybridized carbons (Fsp3) is 0.500. The van der Waals surface area contributed by atoms with Gasteiger partial charge in [-0.15, -0.1) is 0 Å². The lowest BCUT2D eigenvalue weighted by atomic mass is 10.2. The quantitative estimate of drug-likeness (QED) is 0.609. The first-order chi connectivity index (χ1) is 8.04. The van der Waals surface area contributed by atoms with Crippen LogP contribution in [0.2, 0.25) is 0 Å². The zero-order valence-corrected chi connectivity index (χ0v) is 10.4. The summed E-state index contributed by atoms with van der Waals surface area (Å²) in [6.07, 6.45) is 0. The molecule has 0 aliphatic rings. The molecular formula is C12H18N2O3. The van der Waals surface area contributed by atoms with E-state index in [1.54, 1.807) is 6.07 Å². The third-order valence-corrected chi connectivity index (χ3v) is 2.45. The summed E-state index contributed by atoms with van der Waals surface area (Å²) >= 11 is 0. The van der Waals surface area contributed by atoms with E-state index in [0.29, 0.717) is 18.3 Å². The van der Waals surface area contributed by atoms with Crippen molar-refractivity contribution in [3.63, 3.8) is 0 Å². The molecule has 17 heavy (non-hydrogen) atoms. The van der Waals surface area contributed by atoms with E-state index in [-0.39, 0.29) is 5.69 Å². The van der Waals surface area contributed by atoms with E-state index in [2.05, 4.69) is 12.2 Å². The smallest absolute Gasteiger partial charge is 0.269 e. The molecule has 0 heterocycles. The van der Waals surface area contributed by atoms with Crippen molar-refractivity contribution < 1.29 is 9.66 Å². The van der Waals surface area contributed by atoms with Crippen molar-refractivity contribution in [1.29, 1.82) is 0 Å². The molecule has 1 unspecified atom stereocenters. The van der Waals surface area contributed by atoms with Crippen LogP contribution in [0.15, 0.2) is 18.2 Å². The Morgan fingerprint density at radius 3 is 2.76 bits per heavy atom. The minimum absolute atomic E-state index is 0.0955. The van der Waals surface area contributed by atoms with Crippen LogP contribution in [0.3, 0.4) is 0 Å². The van der Waals surface area contributed by atoms with Gasteiger partial charge >= 0.3 is 0 Å². The molecule has 1 rings (SSSR count). The van der Waals surface area contributed by atoms with Gasteiger partial charge in [0.25, 0.3) is 5.69 Å². The predicted octanol–water partition coefficient (Wildman–Crippen LogP) is 2.14. The molecule has 5 heteroatoms. The van der Waals surface area contributed by atoms with E-state index in [0.717, 1.165) is 12.1 Å². The molecule has 5 nitrogen and oxygen atoms in total. The Labute approximate surface area is 101 Å². The topological polar surface area (TPSA) is 64.4 Å². The number of rotatable bonds is 6. The first kappa shape index (κ1) is 13.4. The second-order valence-electron chi connectivity index (χ2n) is 4.18. The molecule has 1 N–H and O–H groups in total. The van der Waals surface area contributed by atoms with Gasteiger partial charge in [0.2, 0.25) is 0 Å². The van der Waals surface area contributed by atoms with Crippen LogP contribution in [0.4, 0.5) is 5.69 Å². The fourth-order valence-corrected chi connectivity index (χ4v) is 1.55. The highest BCUT2D eigenvalue weighted by Gasteiger charge is 2.09. The number of benzene rings is 1. The number of hydrogen-bond acceptors (Lipinski definition) is 4. The lowest BCUT2D eigenvalue weighted by Gasteiger charge is -2.13. The van der Waals surface area contributed by atoms with Crippen molar-refractivity contribution in [1.82, 2.24) is 5.32 Å². The molecule has 0 aromatic heterocycles. The van der Waals surface area contributed by atoms with Crippen LogP contribution in [0.25, 0.3) is 0 Å². The largest absolute Gasteiger partial charge is 0.493 e. The van der Waals surface area contributed by atoms with Gasteiger partial charge in [0, 0.05) is 24.6 Å². The third kappa shape index (κ3) is 4.03. The Balaban J connectivity index is 2.63. The number of nitro benzene ring substituents is 1. The number of hydrogen-bond donors (Lipinski definition) is 1. The molecule has 94 valence electrons. The molecule has 0 saturated carbocycles. The number of nitro groups is 1. The van der Waals surface area contributed by atoms with Crippen LogP contribution in [-0.4, -0.2) is 25.1 Å². The Bertz CT molecular complexity index is 393. The molecule has 0 fully saturated rings. The highest BCUT2D eigenvalue weighted by molar-refractivity contribution is 5.42. The van der Waals surface area contributed by atoms with Gasteiger partial charge in [-0.1, -0.05) is 6.92 Å². The van der Waals surface area contributed by atoms with Crippen LogP contribution in [0.5, 0.6) is 5.75 Å². The molecule has 0 aliphatic heterocycles. The molecule has 0 spiro atoms. The molecule has 0 aliphatic carbocycles. The molecule has 0 radical (unpaired) electrons. The number of nitrogens with zero attached hydrogens (tertiary/aromatic N) is 1. The highest BCUT2D eigenvalue weighted by atomic mass is 16.6. The zero-order chi connectivity index (χ0) is 12.8. The van der Waals surface area contributed by atoms with Gasteiger partial charge < -0.3 is 10.1 Å². The first-order valence-corrected chi connectivity index (χ1v) is 5.57. The highest BCUT2D eigenvalue weighted by Crippen LogP contribution is 2.23. The standard InChI is InChI=1S/C12H18N2O3/c1-9(7-13-3)8-17-12-5-4-11(14(15)16)6-10(12)2/h4-6,9,13H,7-8H2,1-3H3. The van der Waals surface area contributed by atoms with Gasteiger partial charge in [0.15, 0.2) is 0 Å². The van der Waals surface area contributed by atoms with Crippen molar-refractivity contribution in [2.45, 2.75) is 13.8 Å². The van der Waals surface area contributed by atoms with Gasteiger partial charge in [-0.05, 0) is 25.6 Å². The van der Waals surface area contributed by atoms with Crippen LogP contribution in [0, 0.1) is 23.0 Å². The van der Waals surface area contributed by atoms with Gasteiger partial charge in [-0.3, -0.25) is 10.1 Å². The second kappa shape index (κ2) is 6.20. The first-order valence-electron chi connectivity index (χ1n) is 5.57. The van der Waals surface area contributed by atoms with E-state index < -0.39 is 4.92 Å². The summed E-state index contributed by atoms with van der Waals surface area (Å²) in [6, 6.07) is 4.64. The zero-order valence-electron chi connectivity index (χ0n) is 10.4. The Kier molecular flexibility index (Phi) is 4.90. The molecule has 0 amide bonds. The fourth-order valence-electron chi connectivity index (χ4n) is 1.55. The van der Waals surface area contributed by atoms with Gasteiger partial charge in [-0.25, -0.2) is 0 Å². The summed E-state index contributed by atoms with van der Waals surface area (Å²) in [4.78, 5) is 10.2. The lowest BCUT2D eigenvalue weighted by Crippen LogP contribution is -2.21. The molecular weight excluding hydrogens is 220 g/mol. The Hall–Kier alpha value is -1.62. The van der Waals surface area contributed by atoms with Crippen LogP contribution < -0.4 is 10.1 Å². The van der Waals surface area contributed by atoms with Gasteiger partial charge in [-0.2, -0.15) is 0 Å². The molecule has 0 saturated heterocycles. The third-order valence-electron chi connectivity index (χ3n) is 2.45. The maximum atomic E-state index is 10.6. The second-order valence-corrected chi connectivity index (χ2v) is 4.18. The monoisotopic (exact) mass is 238 g/mol. The minimum Gasteiger partial charge on any atom is -0.493 e. The van der Waals surface area contributed by atoms with E-state index in [9.17, 15) is 10.1 Å². The van der Waals surface area contributed by atoms with E-state index >= 15 is 0 Å².